The molecule has 2 N–H and O–H groups in total. The SMILES string of the molecule is CCCCCCCCCCCC=CC(=O)C(O)(CC(=O)O)C[N+](C)(C)C. The van der Waals surface area contributed by atoms with Gasteiger partial charge in [-0.1, -0.05) is 64.4 Å². The van der Waals surface area contributed by atoms with Crippen LogP contribution in [0, 0.1) is 0 Å². The number of aliphatic hydroxyl groups is 1. The number of quaternary nitrogens is 1. The molecule has 0 aliphatic carbocycles. The Morgan fingerprint density at radius 2 is 1.42 bits per heavy atom. The van der Waals surface area contributed by atoms with Gasteiger partial charge in [0.05, 0.1) is 27.6 Å². The van der Waals surface area contributed by atoms with E-state index in [0.29, 0.717) is 4.48 Å². The smallest absolute Gasteiger partial charge is 0.307 e. The summed E-state index contributed by atoms with van der Waals surface area (Å²) in [5.74, 6) is -1.68. The Balaban J connectivity index is 4.15. The molecular formula is C21H40NO4+. The summed E-state index contributed by atoms with van der Waals surface area (Å²) in [6.07, 6.45) is 14.6. The summed E-state index contributed by atoms with van der Waals surface area (Å²) in [4.78, 5) is 23.3. The molecule has 0 fully saturated rings. The average molecular weight is 371 g/mol. The lowest BCUT2D eigenvalue weighted by molar-refractivity contribution is -0.875. The molecule has 0 spiro atoms. The van der Waals surface area contributed by atoms with Gasteiger partial charge in [0.25, 0.3) is 0 Å². The van der Waals surface area contributed by atoms with Gasteiger partial charge in [-0.25, -0.2) is 0 Å². The number of allylic oxidation sites excluding steroid dienone is 1. The first-order chi connectivity index (χ1) is 12.1. The van der Waals surface area contributed by atoms with Crippen molar-refractivity contribution in [2.45, 2.75) is 83.2 Å². The molecule has 26 heavy (non-hydrogen) atoms. The third-order valence-corrected chi connectivity index (χ3v) is 4.38. The molecule has 0 aromatic carbocycles. The minimum absolute atomic E-state index is 0.0699. The van der Waals surface area contributed by atoms with Gasteiger partial charge in [0.2, 0.25) is 0 Å². The average Bonchev–Trinajstić information content (AvgIpc) is 2.49. The summed E-state index contributed by atoms with van der Waals surface area (Å²) < 4.78 is 0.321. The van der Waals surface area contributed by atoms with Crippen LogP contribution in [0.4, 0.5) is 0 Å². The molecule has 152 valence electrons. The van der Waals surface area contributed by atoms with Crippen LogP contribution in [-0.4, -0.2) is 59.7 Å². The predicted molar refractivity (Wildman–Crippen MR) is 106 cm³/mol. The van der Waals surface area contributed by atoms with E-state index >= 15 is 0 Å². The second-order valence-corrected chi connectivity index (χ2v) is 8.43. The minimum Gasteiger partial charge on any atom is -0.481 e. The van der Waals surface area contributed by atoms with Crippen LogP contribution in [0.15, 0.2) is 12.2 Å². The second kappa shape index (κ2) is 13.0. The molecule has 0 heterocycles. The highest BCUT2D eigenvalue weighted by molar-refractivity contribution is 5.99. The van der Waals surface area contributed by atoms with E-state index in [1.165, 1.54) is 51.0 Å². The first-order valence-corrected chi connectivity index (χ1v) is 10.1. The first kappa shape index (κ1) is 24.8. The van der Waals surface area contributed by atoms with Gasteiger partial charge >= 0.3 is 5.97 Å². The van der Waals surface area contributed by atoms with Gasteiger partial charge in [-0.05, 0) is 18.9 Å². The zero-order valence-electron chi connectivity index (χ0n) is 17.3. The molecule has 5 heteroatoms. The van der Waals surface area contributed by atoms with Crippen molar-refractivity contribution in [2.24, 2.45) is 0 Å². The lowest BCUT2D eigenvalue weighted by Crippen LogP contribution is -2.54. The Morgan fingerprint density at radius 1 is 0.923 bits per heavy atom. The minimum atomic E-state index is -1.85. The van der Waals surface area contributed by atoms with Crippen molar-refractivity contribution >= 4 is 11.8 Å². The van der Waals surface area contributed by atoms with E-state index in [1.54, 1.807) is 6.08 Å². The van der Waals surface area contributed by atoms with Crippen LogP contribution in [0.5, 0.6) is 0 Å². The number of carboxylic acid groups (broad SMARTS) is 1. The molecule has 0 saturated carbocycles. The van der Waals surface area contributed by atoms with Crippen LogP contribution < -0.4 is 0 Å². The summed E-state index contributed by atoms with van der Waals surface area (Å²) in [7, 11) is 5.48. The molecule has 0 aromatic rings. The normalized spacial score (nSPS) is 14.5. The summed E-state index contributed by atoms with van der Waals surface area (Å²) in [5.41, 5.74) is -1.85. The Labute approximate surface area is 159 Å². The van der Waals surface area contributed by atoms with E-state index in [4.69, 9.17) is 5.11 Å². The lowest BCUT2D eigenvalue weighted by Gasteiger charge is -2.33. The number of hydrogen-bond donors (Lipinski definition) is 2. The zero-order chi connectivity index (χ0) is 20.1. The van der Waals surface area contributed by atoms with E-state index in [9.17, 15) is 14.7 Å². The van der Waals surface area contributed by atoms with Crippen molar-refractivity contribution < 1.29 is 24.3 Å². The molecule has 0 radical (unpaired) electrons. The van der Waals surface area contributed by atoms with Crippen LogP contribution in [0.2, 0.25) is 0 Å². The van der Waals surface area contributed by atoms with Crippen molar-refractivity contribution in [3.63, 3.8) is 0 Å². The third-order valence-electron chi connectivity index (χ3n) is 4.38. The standard InChI is InChI=1S/C21H39NO4/c1-5-6-7-8-9-10-11-12-13-14-15-16-19(23)21(26,17-20(24)25)18-22(2,3)4/h15-16,26H,5-14,17-18H2,1-4H3/p+1. The third kappa shape index (κ3) is 13.1. The molecule has 1 atom stereocenters. The van der Waals surface area contributed by atoms with Crippen LogP contribution in [0.1, 0.15) is 77.6 Å². The second-order valence-electron chi connectivity index (χ2n) is 8.43. The van der Waals surface area contributed by atoms with E-state index < -0.39 is 23.8 Å². The monoisotopic (exact) mass is 370 g/mol. The fourth-order valence-corrected chi connectivity index (χ4v) is 3.17. The maximum Gasteiger partial charge on any atom is 0.307 e. The van der Waals surface area contributed by atoms with Crippen molar-refractivity contribution in [3.8, 4) is 0 Å². The topological polar surface area (TPSA) is 74.6 Å². The zero-order valence-corrected chi connectivity index (χ0v) is 17.3. The number of likely N-dealkylation sites (N-methyl/N-ethyl adjacent to an activating group) is 1. The number of carboxylic acids is 1. The molecule has 0 amide bonds. The van der Waals surface area contributed by atoms with Gasteiger partial charge in [0.15, 0.2) is 11.4 Å². The Morgan fingerprint density at radius 3 is 1.88 bits per heavy atom. The summed E-state index contributed by atoms with van der Waals surface area (Å²) >= 11 is 0. The Hall–Kier alpha value is -1.20. The van der Waals surface area contributed by atoms with Crippen LogP contribution in [0.3, 0.4) is 0 Å². The van der Waals surface area contributed by atoms with Gasteiger partial charge in [0, 0.05) is 0 Å². The molecule has 0 aliphatic rings. The summed E-state index contributed by atoms with van der Waals surface area (Å²) in [5, 5.41) is 19.6. The Kier molecular flexibility index (Phi) is 12.4. The van der Waals surface area contributed by atoms with Gasteiger partial charge < -0.3 is 14.7 Å². The van der Waals surface area contributed by atoms with Crippen molar-refractivity contribution in [3.05, 3.63) is 12.2 Å². The summed E-state index contributed by atoms with van der Waals surface area (Å²) in [6, 6.07) is 0. The molecule has 5 nitrogen and oxygen atoms in total. The number of rotatable bonds is 16. The lowest BCUT2D eigenvalue weighted by atomic mass is 9.92. The van der Waals surface area contributed by atoms with Crippen molar-refractivity contribution in [1.29, 1.82) is 0 Å². The van der Waals surface area contributed by atoms with Gasteiger partial charge in [0.1, 0.15) is 6.54 Å². The van der Waals surface area contributed by atoms with Gasteiger partial charge in [-0.2, -0.15) is 0 Å². The predicted octanol–water partition coefficient (Wildman–Crippen LogP) is 3.94. The summed E-state index contributed by atoms with van der Waals surface area (Å²) in [6.45, 7) is 2.30. The van der Waals surface area contributed by atoms with E-state index in [2.05, 4.69) is 6.92 Å². The number of hydrogen-bond acceptors (Lipinski definition) is 3. The number of carbonyl (C=O) groups is 2. The highest BCUT2D eigenvalue weighted by Crippen LogP contribution is 2.17. The molecule has 0 aromatic heterocycles. The largest absolute Gasteiger partial charge is 0.481 e. The maximum absolute atomic E-state index is 12.3. The molecular weight excluding hydrogens is 330 g/mol. The highest BCUT2D eigenvalue weighted by atomic mass is 16.4. The molecule has 0 saturated heterocycles. The number of nitrogens with zero attached hydrogens (tertiary/aromatic N) is 1. The molecule has 0 aliphatic heterocycles. The fraction of sp³-hybridized carbons (Fsp3) is 0.810. The maximum atomic E-state index is 12.3. The Bertz CT molecular complexity index is 440. The van der Waals surface area contributed by atoms with Crippen LogP contribution >= 0.6 is 0 Å². The number of unbranched alkanes of at least 4 members (excludes halogenated alkanes) is 9. The van der Waals surface area contributed by atoms with Crippen molar-refractivity contribution in [2.75, 3.05) is 27.7 Å². The van der Waals surface area contributed by atoms with Gasteiger partial charge in [-0.15, -0.1) is 0 Å². The van der Waals surface area contributed by atoms with E-state index in [1.807, 2.05) is 21.1 Å². The van der Waals surface area contributed by atoms with E-state index in [-0.39, 0.29) is 6.54 Å². The fourth-order valence-electron chi connectivity index (χ4n) is 3.17. The quantitative estimate of drug-likeness (QED) is 0.245. The van der Waals surface area contributed by atoms with Crippen LogP contribution in [0.25, 0.3) is 0 Å². The number of carbonyl (C=O) groups excluding carboxylic acids is 1. The van der Waals surface area contributed by atoms with Crippen LogP contribution in [-0.2, 0) is 9.59 Å². The number of ketones is 1. The first-order valence-electron chi connectivity index (χ1n) is 10.1. The van der Waals surface area contributed by atoms with Crippen molar-refractivity contribution in [1.82, 2.24) is 0 Å². The highest BCUT2D eigenvalue weighted by Gasteiger charge is 2.41. The van der Waals surface area contributed by atoms with E-state index in [0.717, 1.165) is 19.3 Å². The molecule has 0 bridgehead atoms. The molecule has 1 unspecified atom stereocenters. The number of aliphatic carboxylic acids is 1. The van der Waals surface area contributed by atoms with Gasteiger partial charge in [-0.3, -0.25) is 9.59 Å². The molecule has 0 rings (SSSR count).